The van der Waals surface area contributed by atoms with Crippen molar-refractivity contribution in [3.05, 3.63) is 62.7 Å². The summed E-state index contributed by atoms with van der Waals surface area (Å²) in [6, 6.07) is 10.6. The first-order valence-corrected chi connectivity index (χ1v) is 9.50. The van der Waals surface area contributed by atoms with Crippen LogP contribution in [-0.2, 0) is 0 Å². The van der Waals surface area contributed by atoms with E-state index in [0.717, 1.165) is 6.54 Å². The molecule has 1 heterocycles. The second-order valence-corrected chi connectivity index (χ2v) is 7.78. The number of hydrogen-bond acceptors (Lipinski definition) is 3. The summed E-state index contributed by atoms with van der Waals surface area (Å²) in [6.07, 6.45) is 1.67. The highest BCUT2D eigenvalue weighted by Gasteiger charge is 2.20. The Morgan fingerprint density at radius 3 is 2.65 bits per heavy atom. The topological polar surface area (TPSA) is 34.5 Å². The van der Waals surface area contributed by atoms with Crippen LogP contribution >= 0.6 is 39.1 Å². The summed E-state index contributed by atoms with van der Waals surface area (Å²) in [4.78, 5) is 15.1. The highest BCUT2D eigenvalue weighted by Crippen LogP contribution is 2.36. The number of benzene rings is 2. The lowest BCUT2D eigenvalue weighted by Crippen LogP contribution is -2.19. The van der Waals surface area contributed by atoms with E-state index in [0.29, 0.717) is 43.3 Å². The van der Waals surface area contributed by atoms with E-state index in [-0.39, 0.29) is 5.91 Å². The van der Waals surface area contributed by atoms with Gasteiger partial charge in [0.15, 0.2) is 0 Å². The van der Waals surface area contributed by atoms with Gasteiger partial charge in [-0.2, -0.15) is 0 Å². The molecule has 7 heteroatoms. The third-order valence-electron chi connectivity index (χ3n) is 3.90. The fraction of sp³-hybridized carbons (Fsp3) is 0.211. The van der Waals surface area contributed by atoms with Crippen molar-refractivity contribution in [3.8, 4) is 5.75 Å². The Hall–Kier alpha value is -1.53. The second kappa shape index (κ2) is 8.01. The van der Waals surface area contributed by atoms with E-state index >= 15 is 0 Å². The maximum Gasteiger partial charge on any atom is 0.263 e. The summed E-state index contributed by atoms with van der Waals surface area (Å²) in [7, 11) is 3.94. The lowest BCUT2D eigenvalue weighted by Gasteiger charge is -2.10. The van der Waals surface area contributed by atoms with Crippen molar-refractivity contribution in [1.29, 1.82) is 0 Å². The summed E-state index contributed by atoms with van der Waals surface area (Å²) >= 11 is 16.0. The number of halogens is 3. The van der Waals surface area contributed by atoms with Crippen LogP contribution in [0.2, 0.25) is 10.0 Å². The standard InChI is InChI=1S/C19H17BrCl2N2O2/c1-23(2)7-8-26-17-11-24(18-14(17)9-12(21)10-16(18)22)19(25)13-5-3-4-6-15(13)20/h3-6,9-11H,7-8H2,1-2H3. The van der Waals surface area contributed by atoms with Gasteiger partial charge in [0.25, 0.3) is 5.91 Å². The van der Waals surface area contributed by atoms with Crippen molar-refractivity contribution in [1.82, 2.24) is 9.47 Å². The molecule has 0 radical (unpaired) electrons. The maximum absolute atomic E-state index is 13.1. The SMILES string of the molecule is CN(C)CCOc1cn(C(=O)c2ccccc2Br)c2c(Cl)cc(Cl)cc12. The van der Waals surface area contributed by atoms with Gasteiger partial charge in [-0.15, -0.1) is 0 Å². The molecule has 0 amide bonds. The molecule has 0 spiro atoms. The lowest BCUT2D eigenvalue weighted by atomic mass is 10.2. The minimum absolute atomic E-state index is 0.200. The monoisotopic (exact) mass is 454 g/mol. The first-order valence-electron chi connectivity index (χ1n) is 7.95. The lowest BCUT2D eigenvalue weighted by molar-refractivity contribution is 0.0963. The predicted octanol–water partition coefficient (Wildman–Crippen LogP) is 5.34. The van der Waals surface area contributed by atoms with Crippen molar-refractivity contribution in [3.63, 3.8) is 0 Å². The molecule has 0 saturated heterocycles. The molecule has 0 aliphatic heterocycles. The average Bonchev–Trinajstić information content (AvgIpc) is 2.93. The van der Waals surface area contributed by atoms with Crippen molar-refractivity contribution < 1.29 is 9.53 Å². The average molecular weight is 456 g/mol. The number of aromatic nitrogens is 1. The van der Waals surface area contributed by atoms with Crippen LogP contribution in [0.4, 0.5) is 0 Å². The molecular weight excluding hydrogens is 439 g/mol. The Morgan fingerprint density at radius 1 is 1.23 bits per heavy atom. The summed E-state index contributed by atoms with van der Waals surface area (Å²) in [6.45, 7) is 1.23. The molecule has 0 aliphatic carbocycles. The minimum Gasteiger partial charge on any atom is -0.490 e. The van der Waals surface area contributed by atoms with Gasteiger partial charge in [-0.3, -0.25) is 9.36 Å². The van der Waals surface area contributed by atoms with E-state index in [1.807, 2.05) is 37.2 Å². The number of ether oxygens (including phenoxy) is 1. The van der Waals surface area contributed by atoms with Crippen LogP contribution in [0.5, 0.6) is 5.75 Å². The zero-order valence-electron chi connectivity index (χ0n) is 14.3. The number of carbonyl (C=O) groups is 1. The molecule has 2 aromatic carbocycles. The number of carbonyl (C=O) groups excluding carboxylic acids is 1. The minimum atomic E-state index is -0.200. The molecule has 0 N–H and O–H groups in total. The molecule has 3 aromatic rings. The molecule has 136 valence electrons. The predicted molar refractivity (Wildman–Crippen MR) is 110 cm³/mol. The normalized spacial score (nSPS) is 11.3. The van der Waals surface area contributed by atoms with Gasteiger partial charge in [-0.1, -0.05) is 35.3 Å². The van der Waals surface area contributed by atoms with Crippen LogP contribution in [-0.4, -0.2) is 42.6 Å². The van der Waals surface area contributed by atoms with Crippen molar-refractivity contribution in [2.45, 2.75) is 0 Å². The Bertz CT molecular complexity index is 970. The van der Waals surface area contributed by atoms with E-state index in [2.05, 4.69) is 15.9 Å². The Labute approximate surface area is 170 Å². The molecule has 0 aliphatic rings. The molecule has 0 atom stereocenters. The smallest absolute Gasteiger partial charge is 0.263 e. The van der Waals surface area contributed by atoms with Gasteiger partial charge in [-0.05, 0) is 54.3 Å². The van der Waals surface area contributed by atoms with Crippen LogP contribution in [0.1, 0.15) is 10.4 Å². The number of nitrogens with zero attached hydrogens (tertiary/aromatic N) is 2. The largest absolute Gasteiger partial charge is 0.490 e. The Kier molecular flexibility index (Phi) is 5.92. The number of fused-ring (bicyclic) bond motifs is 1. The van der Waals surface area contributed by atoms with E-state index in [1.165, 1.54) is 4.57 Å². The zero-order valence-corrected chi connectivity index (χ0v) is 17.4. The van der Waals surface area contributed by atoms with Gasteiger partial charge in [0.05, 0.1) is 22.3 Å². The maximum atomic E-state index is 13.1. The Balaban J connectivity index is 2.10. The van der Waals surface area contributed by atoms with Crippen molar-refractivity contribution >= 4 is 55.9 Å². The van der Waals surface area contributed by atoms with Crippen LogP contribution in [0, 0.1) is 0 Å². The summed E-state index contributed by atoms with van der Waals surface area (Å²) in [5.41, 5.74) is 1.12. The molecule has 3 rings (SSSR count). The van der Waals surface area contributed by atoms with Gasteiger partial charge < -0.3 is 9.64 Å². The molecule has 0 bridgehead atoms. The van der Waals surface area contributed by atoms with Crippen LogP contribution < -0.4 is 4.74 Å². The highest BCUT2D eigenvalue weighted by atomic mass is 79.9. The van der Waals surface area contributed by atoms with E-state index in [9.17, 15) is 4.79 Å². The molecular formula is C19H17BrCl2N2O2. The summed E-state index contributed by atoms with van der Waals surface area (Å²) in [5.74, 6) is 0.376. The van der Waals surface area contributed by atoms with Gasteiger partial charge in [0, 0.05) is 21.4 Å². The van der Waals surface area contributed by atoms with Gasteiger partial charge in [0.1, 0.15) is 12.4 Å². The number of hydrogen-bond donors (Lipinski definition) is 0. The third kappa shape index (κ3) is 3.91. The number of rotatable bonds is 5. The zero-order chi connectivity index (χ0) is 18.8. The first-order chi connectivity index (χ1) is 12.4. The van der Waals surface area contributed by atoms with Crippen LogP contribution in [0.25, 0.3) is 10.9 Å². The fourth-order valence-electron chi connectivity index (χ4n) is 2.63. The van der Waals surface area contributed by atoms with Crippen molar-refractivity contribution in [2.24, 2.45) is 0 Å². The molecule has 0 unspecified atom stereocenters. The molecule has 26 heavy (non-hydrogen) atoms. The van der Waals surface area contributed by atoms with E-state index in [1.54, 1.807) is 24.4 Å². The molecule has 4 nitrogen and oxygen atoms in total. The number of likely N-dealkylation sites (N-methyl/N-ethyl adjacent to an activating group) is 1. The van der Waals surface area contributed by atoms with Gasteiger partial charge >= 0.3 is 0 Å². The highest BCUT2D eigenvalue weighted by molar-refractivity contribution is 9.10. The third-order valence-corrected chi connectivity index (χ3v) is 5.10. The summed E-state index contributed by atoms with van der Waals surface area (Å²) < 4.78 is 8.12. The Morgan fingerprint density at radius 2 is 1.96 bits per heavy atom. The van der Waals surface area contributed by atoms with Crippen molar-refractivity contribution in [2.75, 3.05) is 27.2 Å². The van der Waals surface area contributed by atoms with Gasteiger partial charge in [-0.25, -0.2) is 0 Å². The van der Waals surface area contributed by atoms with Crippen LogP contribution in [0.3, 0.4) is 0 Å². The van der Waals surface area contributed by atoms with E-state index < -0.39 is 0 Å². The molecule has 0 fully saturated rings. The summed E-state index contributed by atoms with van der Waals surface area (Å²) in [5, 5.41) is 1.60. The first kappa shape index (κ1) is 19.2. The second-order valence-electron chi connectivity index (χ2n) is 6.08. The van der Waals surface area contributed by atoms with Gasteiger partial charge in [0.2, 0.25) is 0 Å². The van der Waals surface area contributed by atoms with E-state index in [4.69, 9.17) is 27.9 Å². The quantitative estimate of drug-likeness (QED) is 0.520. The molecule has 1 aromatic heterocycles. The molecule has 0 saturated carbocycles. The fourth-order valence-corrected chi connectivity index (χ4v) is 3.67. The van der Waals surface area contributed by atoms with Crippen LogP contribution in [0.15, 0.2) is 47.1 Å².